The van der Waals surface area contributed by atoms with Crippen molar-refractivity contribution in [2.75, 3.05) is 13.2 Å². The topological polar surface area (TPSA) is 149 Å². The average molecular weight is 989 g/mol. The van der Waals surface area contributed by atoms with Crippen LogP contribution in [0.15, 0.2) is 48.6 Å². The zero-order valence-electron chi connectivity index (χ0n) is 45.5. The summed E-state index contributed by atoms with van der Waals surface area (Å²) < 4.78 is 11.3. The van der Waals surface area contributed by atoms with E-state index in [1.165, 1.54) is 193 Å². The van der Waals surface area contributed by atoms with Gasteiger partial charge in [0.2, 0.25) is 5.91 Å². The number of unbranched alkanes of at least 4 members (excludes halogenated alkanes) is 35. The first kappa shape index (κ1) is 66.2. The molecule has 0 bridgehead atoms. The van der Waals surface area contributed by atoms with Gasteiger partial charge in [0, 0.05) is 6.42 Å². The van der Waals surface area contributed by atoms with E-state index in [1.54, 1.807) is 6.08 Å². The van der Waals surface area contributed by atoms with E-state index in [-0.39, 0.29) is 12.5 Å². The van der Waals surface area contributed by atoms with Gasteiger partial charge in [-0.3, -0.25) is 4.79 Å². The van der Waals surface area contributed by atoms with Crippen LogP contribution in [0.3, 0.4) is 0 Å². The Morgan fingerprint density at radius 3 is 1.24 bits per heavy atom. The lowest BCUT2D eigenvalue weighted by molar-refractivity contribution is -0.302. The monoisotopic (exact) mass is 988 g/mol. The predicted octanol–water partition coefficient (Wildman–Crippen LogP) is 14.9. The van der Waals surface area contributed by atoms with Crippen LogP contribution in [0.4, 0.5) is 0 Å². The molecule has 1 aliphatic heterocycles. The molecular weight excluding hydrogens is 875 g/mol. The van der Waals surface area contributed by atoms with Crippen LogP contribution in [0.1, 0.15) is 277 Å². The van der Waals surface area contributed by atoms with E-state index in [9.17, 15) is 30.3 Å². The molecule has 0 radical (unpaired) electrons. The number of aliphatic hydroxyl groups excluding tert-OH is 5. The van der Waals surface area contributed by atoms with E-state index >= 15 is 0 Å². The van der Waals surface area contributed by atoms with Gasteiger partial charge in [-0.15, -0.1) is 0 Å². The Bertz CT molecular complexity index is 1240. The Labute approximate surface area is 431 Å². The maximum absolute atomic E-state index is 13.1. The molecule has 9 nitrogen and oxygen atoms in total. The van der Waals surface area contributed by atoms with E-state index in [0.717, 1.165) is 64.2 Å². The number of amides is 1. The highest BCUT2D eigenvalue weighted by molar-refractivity contribution is 5.76. The lowest BCUT2D eigenvalue weighted by Gasteiger charge is -2.40. The first-order valence-corrected chi connectivity index (χ1v) is 29.9. The minimum absolute atomic E-state index is 0.187. The van der Waals surface area contributed by atoms with Crippen molar-refractivity contribution >= 4 is 5.91 Å². The molecule has 6 N–H and O–H groups in total. The standard InChI is InChI=1S/C61H113NO8/c1-3-5-7-9-11-13-15-17-19-21-23-25-26-27-28-29-31-32-34-36-38-40-42-44-46-48-50-55(64)54(53-69-61-60(68)59(67)58(66)56(52-63)70-61)62-57(65)51-49-47-45-43-41-39-37-35-33-30-24-22-20-18-16-14-12-10-8-6-4-2/h16,18,22,24,33,35,48,50,54-56,58-61,63-64,66-68H,3-15,17,19-21,23,25-32,34,36-47,49,51-53H2,1-2H3,(H,62,65)/b18-16-,24-22-,35-33-,50-48+. The van der Waals surface area contributed by atoms with Crippen molar-refractivity contribution in [3.05, 3.63) is 48.6 Å². The molecule has 0 saturated carbocycles. The van der Waals surface area contributed by atoms with Crippen LogP contribution >= 0.6 is 0 Å². The lowest BCUT2D eigenvalue weighted by Crippen LogP contribution is -2.60. The van der Waals surface area contributed by atoms with Crippen molar-refractivity contribution in [2.24, 2.45) is 0 Å². The SMILES string of the molecule is CCCCCCC/C=C\C/C=C\C/C=C\CCCCCCCCC(=O)NC(COC1OC(CO)C(O)C(O)C1O)C(O)/C=C/CCCCCCCCCCCCCCCCCCCCCCCCCC. The van der Waals surface area contributed by atoms with Crippen molar-refractivity contribution < 1.29 is 39.8 Å². The minimum atomic E-state index is -1.57. The van der Waals surface area contributed by atoms with E-state index in [2.05, 4.69) is 55.6 Å². The van der Waals surface area contributed by atoms with Gasteiger partial charge in [0.15, 0.2) is 6.29 Å². The van der Waals surface area contributed by atoms with Crippen LogP contribution in [0.5, 0.6) is 0 Å². The number of nitrogens with one attached hydrogen (secondary N) is 1. The van der Waals surface area contributed by atoms with Crippen LogP contribution in [0.2, 0.25) is 0 Å². The average Bonchev–Trinajstić information content (AvgIpc) is 3.36. The Morgan fingerprint density at radius 2 is 0.843 bits per heavy atom. The van der Waals surface area contributed by atoms with Crippen molar-refractivity contribution in [1.82, 2.24) is 5.32 Å². The summed E-state index contributed by atoms with van der Waals surface area (Å²) in [6, 6.07) is -0.814. The van der Waals surface area contributed by atoms with E-state index in [1.807, 2.05) is 6.08 Å². The summed E-state index contributed by atoms with van der Waals surface area (Å²) >= 11 is 0. The highest BCUT2D eigenvalue weighted by Gasteiger charge is 2.44. The summed E-state index contributed by atoms with van der Waals surface area (Å²) in [5.74, 6) is -0.187. The molecule has 0 aromatic rings. The molecule has 1 amide bonds. The zero-order valence-corrected chi connectivity index (χ0v) is 45.5. The second-order valence-electron chi connectivity index (χ2n) is 20.8. The Kier molecular flexibility index (Phi) is 47.9. The first-order chi connectivity index (χ1) is 34.3. The minimum Gasteiger partial charge on any atom is -0.394 e. The van der Waals surface area contributed by atoms with E-state index in [4.69, 9.17) is 9.47 Å². The van der Waals surface area contributed by atoms with Gasteiger partial charge >= 0.3 is 0 Å². The lowest BCUT2D eigenvalue weighted by atomic mass is 9.99. The normalized spacial score (nSPS) is 19.7. The maximum atomic E-state index is 13.1. The Balaban J connectivity index is 2.23. The Morgan fingerprint density at radius 1 is 0.486 bits per heavy atom. The summed E-state index contributed by atoms with van der Waals surface area (Å²) in [5, 5.41) is 54.6. The molecule has 0 aromatic carbocycles. The number of rotatable bonds is 51. The summed E-state index contributed by atoms with van der Waals surface area (Å²) in [6.45, 7) is 3.79. The molecule has 1 rings (SSSR count). The second kappa shape index (κ2) is 50.7. The number of aliphatic hydroxyl groups is 5. The van der Waals surface area contributed by atoms with E-state index < -0.39 is 49.5 Å². The molecule has 1 saturated heterocycles. The van der Waals surface area contributed by atoms with Gasteiger partial charge < -0.3 is 40.3 Å². The number of carbonyl (C=O) groups excluding carboxylic acids is 1. The molecule has 70 heavy (non-hydrogen) atoms. The summed E-state index contributed by atoms with van der Waals surface area (Å²) in [6.07, 6.45) is 60.3. The molecule has 9 heteroatoms. The Hall–Kier alpha value is -1.85. The van der Waals surface area contributed by atoms with Crippen molar-refractivity contribution in [2.45, 2.75) is 320 Å². The molecule has 7 unspecified atom stereocenters. The molecule has 0 spiro atoms. The predicted molar refractivity (Wildman–Crippen MR) is 295 cm³/mol. The fourth-order valence-electron chi connectivity index (χ4n) is 9.40. The summed E-state index contributed by atoms with van der Waals surface area (Å²) in [5.41, 5.74) is 0. The van der Waals surface area contributed by atoms with Crippen molar-refractivity contribution in [1.29, 1.82) is 0 Å². The van der Waals surface area contributed by atoms with Crippen LogP contribution in [0.25, 0.3) is 0 Å². The van der Waals surface area contributed by atoms with Crippen LogP contribution in [-0.4, -0.2) is 87.5 Å². The number of allylic oxidation sites excluding steroid dienone is 7. The molecule has 0 aromatic heterocycles. The van der Waals surface area contributed by atoms with Crippen molar-refractivity contribution in [3.63, 3.8) is 0 Å². The third-order valence-corrected chi connectivity index (χ3v) is 14.1. The molecule has 0 aliphatic carbocycles. The van der Waals surface area contributed by atoms with Gasteiger partial charge in [-0.25, -0.2) is 0 Å². The van der Waals surface area contributed by atoms with Crippen LogP contribution in [-0.2, 0) is 14.3 Å². The highest BCUT2D eigenvalue weighted by Crippen LogP contribution is 2.23. The van der Waals surface area contributed by atoms with Crippen LogP contribution < -0.4 is 5.32 Å². The highest BCUT2D eigenvalue weighted by atomic mass is 16.7. The van der Waals surface area contributed by atoms with E-state index in [0.29, 0.717) is 6.42 Å². The van der Waals surface area contributed by atoms with Gasteiger partial charge in [0.25, 0.3) is 0 Å². The molecule has 1 fully saturated rings. The molecule has 1 heterocycles. The molecule has 410 valence electrons. The largest absolute Gasteiger partial charge is 0.394 e. The quantitative estimate of drug-likeness (QED) is 0.0261. The number of ether oxygens (including phenoxy) is 2. The van der Waals surface area contributed by atoms with Crippen LogP contribution in [0, 0.1) is 0 Å². The zero-order chi connectivity index (χ0) is 50.8. The van der Waals surface area contributed by atoms with Gasteiger partial charge in [0.1, 0.15) is 24.4 Å². The first-order valence-electron chi connectivity index (χ1n) is 29.9. The summed E-state index contributed by atoms with van der Waals surface area (Å²) in [7, 11) is 0. The molecular formula is C61H113NO8. The summed E-state index contributed by atoms with van der Waals surface area (Å²) in [4.78, 5) is 13.1. The number of hydrogen-bond acceptors (Lipinski definition) is 8. The van der Waals surface area contributed by atoms with Gasteiger partial charge in [-0.05, 0) is 57.8 Å². The third kappa shape index (κ3) is 39.7. The number of carbonyl (C=O) groups is 1. The van der Waals surface area contributed by atoms with Gasteiger partial charge in [-0.1, -0.05) is 262 Å². The number of hydrogen-bond donors (Lipinski definition) is 6. The maximum Gasteiger partial charge on any atom is 0.220 e. The van der Waals surface area contributed by atoms with Gasteiger partial charge in [0.05, 0.1) is 25.4 Å². The van der Waals surface area contributed by atoms with Crippen molar-refractivity contribution in [3.8, 4) is 0 Å². The fourth-order valence-corrected chi connectivity index (χ4v) is 9.40. The van der Waals surface area contributed by atoms with Gasteiger partial charge in [-0.2, -0.15) is 0 Å². The third-order valence-electron chi connectivity index (χ3n) is 14.1. The molecule has 1 aliphatic rings. The smallest absolute Gasteiger partial charge is 0.220 e. The fraction of sp³-hybridized carbons (Fsp3) is 0.852. The second-order valence-corrected chi connectivity index (χ2v) is 20.8. The molecule has 7 atom stereocenters.